The summed E-state index contributed by atoms with van der Waals surface area (Å²) in [5, 5.41) is 9.65. The first kappa shape index (κ1) is 20.2. The van der Waals surface area contributed by atoms with Gasteiger partial charge in [-0.05, 0) is 29.8 Å². The summed E-state index contributed by atoms with van der Waals surface area (Å²) in [7, 11) is 1.35. The largest absolute Gasteiger partial charge is 0.494 e. The Kier molecular flexibility index (Phi) is 5.41. The number of hydrogen-bond acceptors (Lipinski definition) is 4. The van der Waals surface area contributed by atoms with Crippen LogP contribution in [0.1, 0.15) is 15.9 Å². The average molecular weight is 419 g/mol. The van der Waals surface area contributed by atoms with Gasteiger partial charge in [-0.15, -0.1) is 0 Å². The summed E-state index contributed by atoms with van der Waals surface area (Å²) in [5.74, 6) is -1.43. The zero-order valence-electron chi connectivity index (χ0n) is 16.5. The quantitative estimate of drug-likeness (QED) is 0.501. The summed E-state index contributed by atoms with van der Waals surface area (Å²) >= 11 is 0. The molecule has 0 aliphatic heterocycles. The van der Waals surface area contributed by atoms with Crippen LogP contribution in [0, 0.1) is 5.82 Å². The Bertz CT molecular complexity index is 1330. The van der Waals surface area contributed by atoms with Gasteiger partial charge in [-0.3, -0.25) is 4.79 Å². The number of aromatic nitrogens is 1. The maximum Gasteiger partial charge on any atom is 0.341 e. The van der Waals surface area contributed by atoms with E-state index in [2.05, 4.69) is 0 Å². The first-order valence-corrected chi connectivity index (χ1v) is 9.41. The Morgan fingerprint density at radius 3 is 2.52 bits per heavy atom. The summed E-state index contributed by atoms with van der Waals surface area (Å²) < 4.78 is 26.6. The van der Waals surface area contributed by atoms with Crippen LogP contribution in [0.15, 0.2) is 77.7 Å². The highest BCUT2D eigenvalue weighted by atomic mass is 19.1. The Morgan fingerprint density at radius 2 is 1.84 bits per heavy atom. The summed E-state index contributed by atoms with van der Waals surface area (Å²) in [6, 6.07) is 18.6. The Morgan fingerprint density at radius 1 is 1.06 bits per heavy atom. The predicted octanol–water partition coefficient (Wildman–Crippen LogP) is 4.42. The van der Waals surface area contributed by atoms with E-state index in [0.29, 0.717) is 23.6 Å². The second kappa shape index (κ2) is 8.31. The van der Waals surface area contributed by atoms with Crippen molar-refractivity contribution in [2.45, 2.75) is 6.61 Å². The lowest BCUT2D eigenvalue weighted by atomic mass is 10.1. The second-order valence-corrected chi connectivity index (χ2v) is 6.82. The topological polar surface area (TPSA) is 77.8 Å². The van der Waals surface area contributed by atoms with Gasteiger partial charge in [0.15, 0.2) is 11.6 Å². The number of rotatable bonds is 6. The minimum atomic E-state index is -1.36. The van der Waals surface area contributed by atoms with Crippen molar-refractivity contribution in [2.24, 2.45) is 0 Å². The van der Waals surface area contributed by atoms with Crippen molar-refractivity contribution in [1.82, 2.24) is 4.57 Å². The number of carbonyl (C=O) groups is 1. The molecule has 0 amide bonds. The van der Waals surface area contributed by atoms with Gasteiger partial charge in [-0.1, -0.05) is 30.3 Å². The fraction of sp³-hybridized carbons (Fsp3) is 0.0833. The lowest BCUT2D eigenvalue weighted by Gasteiger charge is -2.15. The third-order valence-corrected chi connectivity index (χ3v) is 4.87. The number of methoxy groups -OCH3 is 1. The highest BCUT2D eigenvalue weighted by Crippen LogP contribution is 2.26. The third kappa shape index (κ3) is 3.98. The molecule has 1 N–H and O–H groups in total. The van der Waals surface area contributed by atoms with Crippen LogP contribution in [0.25, 0.3) is 16.6 Å². The molecule has 6 nitrogen and oxygen atoms in total. The summed E-state index contributed by atoms with van der Waals surface area (Å²) in [5.41, 5.74) is 0.665. The van der Waals surface area contributed by atoms with Gasteiger partial charge in [0.2, 0.25) is 5.43 Å². The fourth-order valence-electron chi connectivity index (χ4n) is 3.31. The number of pyridine rings is 1. The number of fused-ring (bicyclic) bond motifs is 1. The van der Waals surface area contributed by atoms with Crippen LogP contribution < -0.4 is 14.9 Å². The van der Waals surface area contributed by atoms with E-state index in [9.17, 15) is 19.1 Å². The van der Waals surface area contributed by atoms with Gasteiger partial charge in [0.25, 0.3) is 0 Å². The molecule has 4 rings (SSSR count). The Hall–Kier alpha value is -4.13. The van der Waals surface area contributed by atoms with E-state index in [-0.39, 0.29) is 11.1 Å². The SMILES string of the molecule is COc1ccc(-n2cc(C(=O)O)c(=O)c3ccc(OCc4ccccc4)cc32)cc1F. The molecular formula is C24H18FNO5. The van der Waals surface area contributed by atoms with Gasteiger partial charge in [0, 0.05) is 29.4 Å². The number of hydrogen-bond donors (Lipinski definition) is 1. The molecule has 0 aliphatic carbocycles. The van der Waals surface area contributed by atoms with Crippen molar-refractivity contribution in [3.05, 3.63) is 100 Å². The number of benzene rings is 3. The van der Waals surface area contributed by atoms with Crippen molar-refractivity contribution in [2.75, 3.05) is 7.11 Å². The van der Waals surface area contributed by atoms with E-state index in [1.54, 1.807) is 18.2 Å². The highest BCUT2D eigenvalue weighted by molar-refractivity contribution is 5.93. The van der Waals surface area contributed by atoms with E-state index in [4.69, 9.17) is 9.47 Å². The molecule has 0 unspecified atom stereocenters. The maximum absolute atomic E-state index is 14.3. The number of carboxylic acids is 1. The van der Waals surface area contributed by atoms with Crippen molar-refractivity contribution in [3.63, 3.8) is 0 Å². The smallest absolute Gasteiger partial charge is 0.341 e. The Labute approximate surface area is 176 Å². The van der Waals surface area contributed by atoms with Crippen molar-refractivity contribution in [1.29, 1.82) is 0 Å². The monoisotopic (exact) mass is 419 g/mol. The van der Waals surface area contributed by atoms with Gasteiger partial charge in [-0.2, -0.15) is 0 Å². The molecule has 31 heavy (non-hydrogen) atoms. The first-order chi connectivity index (χ1) is 15.0. The average Bonchev–Trinajstić information content (AvgIpc) is 2.78. The van der Waals surface area contributed by atoms with Gasteiger partial charge in [0.05, 0.1) is 12.6 Å². The first-order valence-electron chi connectivity index (χ1n) is 9.41. The van der Waals surface area contributed by atoms with Crippen LogP contribution in [-0.2, 0) is 6.61 Å². The lowest BCUT2D eigenvalue weighted by Crippen LogP contribution is -2.18. The Balaban J connectivity index is 1.85. The van der Waals surface area contributed by atoms with Crippen molar-refractivity contribution < 1.29 is 23.8 Å². The molecule has 156 valence electrons. The summed E-state index contributed by atoms with van der Waals surface area (Å²) in [6.07, 6.45) is 1.19. The highest BCUT2D eigenvalue weighted by Gasteiger charge is 2.17. The minimum Gasteiger partial charge on any atom is -0.494 e. The van der Waals surface area contributed by atoms with E-state index in [1.165, 1.54) is 36.1 Å². The van der Waals surface area contributed by atoms with Crippen LogP contribution in [0.4, 0.5) is 4.39 Å². The fourth-order valence-corrected chi connectivity index (χ4v) is 3.31. The molecule has 0 bridgehead atoms. The van der Waals surface area contributed by atoms with Crippen LogP contribution in [0.3, 0.4) is 0 Å². The maximum atomic E-state index is 14.3. The molecule has 3 aromatic carbocycles. The molecule has 1 aromatic heterocycles. The predicted molar refractivity (Wildman–Crippen MR) is 114 cm³/mol. The molecule has 0 saturated heterocycles. The molecule has 0 spiro atoms. The van der Waals surface area contributed by atoms with E-state index in [0.717, 1.165) is 5.56 Å². The van der Waals surface area contributed by atoms with Gasteiger partial charge in [-0.25, -0.2) is 9.18 Å². The molecule has 1 heterocycles. The summed E-state index contributed by atoms with van der Waals surface area (Å²) in [6.45, 7) is 0.320. The molecular weight excluding hydrogens is 401 g/mol. The molecule has 4 aromatic rings. The van der Waals surface area contributed by atoms with Crippen molar-refractivity contribution in [3.8, 4) is 17.2 Å². The zero-order chi connectivity index (χ0) is 22.0. The zero-order valence-corrected chi connectivity index (χ0v) is 16.5. The number of nitrogens with zero attached hydrogens (tertiary/aromatic N) is 1. The third-order valence-electron chi connectivity index (χ3n) is 4.87. The van der Waals surface area contributed by atoms with Gasteiger partial charge in [0.1, 0.15) is 17.9 Å². The van der Waals surface area contributed by atoms with Gasteiger partial charge >= 0.3 is 5.97 Å². The molecule has 0 aliphatic rings. The summed E-state index contributed by atoms with van der Waals surface area (Å²) in [4.78, 5) is 24.3. The molecule has 0 saturated carbocycles. The number of halogens is 1. The molecule has 0 radical (unpaired) electrons. The molecule has 0 fully saturated rings. The van der Waals surface area contributed by atoms with Crippen LogP contribution in [-0.4, -0.2) is 22.8 Å². The van der Waals surface area contributed by atoms with Crippen molar-refractivity contribution >= 4 is 16.9 Å². The molecule has 0 atom stereocenters. The lowest BCUT2D eigenvalue weighted by molar-refractivity contribution is 0.0695. The number of aromatic carboxylic acids is 1. The van der Waals surface area contributed by atoms with Crippen LogP contribution >= 0.6 is 0 Å². The second-order valence-electron chi connectivity index (χ2n) is 6.82. The van der Waals surface area contributed by atoms with E-state index < -0.39 is 22.8 Å². The van der Waals surface area contributed by atoms with Crippen LogP contribution in [0.2, 0.25) is 0 Å². The van der Waals surface area contributed by atoms with E-state index in [1.807, 2.05) is 30.3 Å². The van der Waals surface area contributed by atoms with E-state index >= 15 is 0 Å². The minimum absolute atomic E-state index is 0.0550. The standard InChI is InChI=1S/C24H18FNO5/c1-30-22-10-7-16(11-20(22)25)26-13-19(24(28)29)23(27)18-9-8-17(12-21(18)26)31-14-15-5-3-2-4-6-15/h2-13H,14H2,1H3,(H,28,29). The molecule has 7 heteroatoms. The van der Waals surface area contributed by atoms with Gasteiger partial charge < -0.3 is 19.1 Å². The normalized spacial score (nSPS) is 10.8. The number of ether oxygens (including phenoxy) is 2. The number of carboxylic acid groups (broad SMARTS) is 1. The van der Waals surface area contributed by atoms with Crippen LogP contribution in [0.5, 0.6) is 11.5 Å².